The fourth-order valence-electron chi connectivity index (χ4n) is 1.54. The minimum absolute atomic E-state index is 0.0699. The van der Waals surface area contributed by atoms with E-state index >= 15 is 0 Å². The molecular formula is C11H14F4N2O. The number of nitrogens with two attached hydrogens (primary N) is 1. The first kappa shape index (κ1) is 14.9. The maximum Gasteiger partial charge on any atom is 0.416 e. The Hall–Kier alpha value is -1.18. The Kier molecular flexibility index (Phi) is 5.06. The first-order valence-electron chi connectivity index (χ1n) is 5.30. The van der Waals surface area contributed by atoms with Gasteiger partial charge in [-0.25, -0.2) is 4.39 Å². The lowest BCUT2D eigenvalue weighted by Crippen LogP contribution is -2.33. The van der Waals surface area contributed by atoms with Gasteiger partial charge in [-0.2, -0.15) is 13.2 Å². The molecule has 18 heavy (non-hydrogen) atoms. The van der Waals surface area contributed by atoms with Gasteiger partial charge in [-0.1, -0.05) is 0 Å². The molecule has 0 radical (unpaired) electrons. The highest BCUT2D eigenvalue weighted by molar-refractivity contribution is 5.33. The van der Waals surface area contributed by atoms with Crippen LogP contribution in [0.25, 0.3) is 0 Å². The number of alkyl halides is 3. The number of nitrogens with one attached hydrogen (secondary N) is 1. The van der Waals surface area contributed by atoms with E-state index in [2.05, 4.69) is 5.43 Å². The summed E-state index contributed by atoms with van der Waals surface area (Å²) in [6, 6.07) is 1.35. The molecule has 0 aliphatic rings. The fourth-order valence-corrected chi connectivity index (χ4v) is 1.54. The topological polar surface area (TPSA) is 47.3 Å². The van der Waals surface area contributed by atoms with Crippen LogP contribution in [0.3, 0.4) is 0 Å². The number of hydrogen-bond acceptors (Lipinski definition) is 3. The Balaban J connectivity index is 3.14. The van der Waals surface area contributed by atoms with Crippen molar-refractivity contribution in [3.8, 4) is 0 Å². The Morgan fingerprint density at radius 2 is 2.06 bits per heavy atom. The number of benzene rings is 1. The number of rotatable bonds is 5. The number of hydrazine groups is 1. The molecule has 0 spiro atoms. The van der Waals surface area contributed by atoms with E-state index in [-0.39, 0.29) is 12.2 Å². The highest BCUT2D eigenvalue weighted by atomic mass is 19.4. The molecule has 7 heteroatoms. The van der Waals surface area contributed by atoms with Crippen molar-refractivity contribution < 1.29 is 22.3 Å². The maximum atomic E-state index is 13.1. The number of ether oxygens (including phenoxy) is 1. The number of halogens is 4. The van der Waals surface area contributed by atoms with E-state index < -0.39 is 23.6 Å². The summed E-state index contributed by atoms with van der Waals surface area (Å²) in [4.78, 5) is 0. The van der Waals surface area contributed by atoms with Crippen molar-refractivity contribution in [1.82, 2.24) is 5.43 Å². The molecule has 3 nitrogen and oxygen atoms in total. The summed E-state index contributed by atoms with van der Waals surface area (Å²) in [6.07, 6.45) is -4.57. The zero-order valence-corrected chi connectivity index (χ0v) is 9.72. The Labute approximate surface area is 102 Å². The lowest BCUT2D eigenvalue weighted by molar-refractivity contribution is -0.138. The minimum atomic E-state index is -4.57. The van der Waals surface area contributed by atoms with E-state index in [1.807, 2.05) is 0 Å². The van der Waals surface area contributed by atoms with Crippen molar-refractivity contribution in [3.05, 3.63) is 35.1 Å². The van der Waals surface area contributed by atoms with Crippen molar-refractivity contribution in [2.75, 3.05) is 13.2 Å². The predicted molar refractivity (Wildman–Crippen MR) is 58.0 cm³/mol. The summed E-state index contributed by atoms with van der Waals surface area (Å²) >= 11 is 0. The second-order valence-corrected chi connectivity index (χ2v) is 3.61. The summed E-state index contributed by atoms with van der Waals surface area (Å²) in [5, 5.41) is 0. The molecule has 1 atom stereocenters. The fraction of sp³-hybridized carbons (Fsp3) is 0.455. The van der Waals surface area contributed by atoms with Crippen molar-refractivity contribution >= 4 is 0 Å². The molecule has 0 fully saturated rings. The predicted octanol–water partition coefficient (Wildman–Crippen LogP) is 2.39. The van der Waals surface area contributed by atoms with Crippen LogP contribution in [0.2, 0.25) is 0 Å². The van der Waals surface area contributed by atoms with E-state index in [9.17, 15) is 17.6 Å². The Morgan fingerprint density at radius 3 is 2.56 bits per heavy atom. The average Bonchev–Trinajstić information content (AvgIpc) is 2.28. The summed E-state index contributed by atoms with van der Waals surface area (Å²) in [6.45, 7) is 1.96. The average molecular weight is 266 g/mol. The van der Waals surface area contributed by atoms with E-state index in [1.165, 1.54) is 0 Å². The van der Waals surface area contributed by atoms with Crippen LogP contribution in [0.15, 0.2) is 18.2 Å². The summed E-state index contributed by atoms with van der Waals surface area (Å²) in [5.74, 6) is 4.43. The van der Waals surface area contributed by atoms with Crippen LogP contribution in [0.5, 0.6) is 0 Å². The molecule has 3 N–H and O–H groups in total. The van der Waals surface area contributed by atoms with Gasteiger partial charge in [0.25, 0.3) is 0 Å². The lowest BCUT2D eigenvalue weighted by atomic mass is 10.0. The smallest absolute Gasteiger partial charge is 0.380 e. The van der Waals surface area contributed by atoms with Gasteiger partial charge in [0, 0.05) is 6.61 Å². The van der Waals surface area contributed by atoms with Gasteiger partial charge >= 0.3 is 6.18 Å². The quantitative estimate of drug-likeness (QED) is 0.488. The van der Waals surface area contributed by atoms with Crippen molar-refractivity contribution in [3.63, 3.8) is 0 Å². The Bertz CT molecular complexity index is 395. The van der Waals surface area contributed by atoms with Gasteiger partial charge in [0.05, 0.1) is 18.2 Å². The molecule has 0 aromatic heterocycles. The first-order chi connectivity index (χ1) is 8.40. The molecule has 1 aromatic carbocycles. The van der Waals surface area contributed by atoms with Gasteiger partial charge in [0.2, 0.25) is 0 Å². The molecule has 0 aliphatic carbocycles. The van der Waals surface area contributed by atoms with Gasteiger partial charge in [0.15, 0.2) is 0 Å². The normalized spacial score (nSPS) is 13.7. The highest BCUT2D eigenvalue weighted by Gasteiger charge is 2.35. The first-order valence-corrected chi connectivity index (χ1v) is 5.30. The van der Waals surface area contributed by atoms with Crippen LogP contribution in [0, 0.1) is 5.82 Å². The van der Waals surface area contributed by atoms with Gasteiger partial charge in [0.1, 0.15) is 5.82 Å². The maximum absolute atomic E-state index is 13.1. The van der Waals surface area contributed by atoms with Crippen LogP contribution >= 0.6 is 0 Å². The van der Waals surface area contributed by atoms with Gasteiger partial charge < -0.3 is 4.74 Å². The monoisotopic (exact) mass is 266 g/mol. The van der Waals surface area contributed by atoms with E-state index in [4.69, 9.17) is 10.6 Å². The molecule has 0 heterocycles. The standard InChI is InChI=1S/C11H14F4N2O/c1-2-18-6-10(17-16)8-5-7(12)3-4-9(8)11(13,14)15/h3-5,10,17H,2,6,16H2,1H3. The van der Waals surface area contributed by atoms with Crippen LogP contribution in [0.1, 0.15) is 24.1 Å². The van der Waals surface area contributed by atoms with Gasteiger partial charge in [-0.05, 0) is 30.7 Å². The van der Waals surface area contributed by atoms with Crippen LogP contribution in [0.4, 0.5) is 17.6 Å². The van der Waals surface area contributed by atoms with E-state index in [0.29, 0.717) is 12.7 Å². The molecule has 1 rings (SSSR count). The summed E-state index contributed by atoms with van der Waals surface area (Å²) < 4.78 is 56.4. The Morgan fingerprint density at radius 1 is 1.39 bits per heavy atom. The van der Waals surface area contributed by atoms with E-state index in [1.54, 1.807) is 6.92 Å². The zero-order valence-electron chi connectivity index (χ0n) is 9.72. The lowest BCUT2D eigenvalue weighted by Gasteiger charge is -2.20. The van der Waals surface area contributed by atoms with Crippen LogP contribution in [-0.2, 0) is 10.9 Å². The molecule has 0 aliphatic heterocycles. The molecule has 0 amide bonds. The molecule has 1 aromatic rings. The van der Waals surface area contributed by atoms with Crippen molar-refractivity contribution in [2.24, 2.45) is 5.84 Å². The van der Waals surface area contributed by atoms with Crippen molar-refractivity contribution in [1.29, 1.82) is 0 Å². The third-order valence-corrected chi connectivity index (χ3v) is 2.38. The van der Waals surface area contributed by atoms with Crippen molar-refractivity contribution in [2.45, 2.75) is 19.1 Å². The van der Waals surface area contributed by atoms with Gasteiger partial charge in [-0.3, -0.25) is 11.3 Å². The highest BCUT2D eigenvalue weighted by Crippen LogP contribution is 2.34. The third-order valence-electron chi connectivity index (χ3n) is 2.38. The number of hydrogen-bond donors (Lipinski definition) is 2. The molecule has 102 valence electrons. The van der Waals surface area contributed by atoms with E-state index in [0.717, 1.165) is 12.1 Å². The second kappa shape index (κ2) is 6.12. The molecule has 0 saturated carbocycles. The minimum Gasteiger partial charge on any atom is -0.380 e. The second-order valence-electron chi connectivity index (χ2n) is 3.61. The molecule has 0 saturated heterocycles. The van der Waals surface area contributed by atoms with Crippen LogP contribution < -0.4 is 11.3 Å². The molecule has 1 unspecified atom stereocenters. The van der Waals surface area contributed by atoms with Crippen LogP contribution in [-0.4, -0.2) is 13.2 Å². The largest absolute Gasteiger partial charge is 0.416 e. The van der Waals surface area contributed by atoms with Gasteiger partial charge in [-0.15, -0.1) is 0 Å². The molecular weight excluding hydrogens is 252 g/mol. The molecule has 0 bridgehead atoms. The third kappa shape index (κ3) is 3.66. The zero-order chi connectivity index (χ0) is 13.8. The SMILES string of the molecule is CCOCC(NN)c1cc(F)ccc1C(F)(F)F. The summed E-state index contributed by atoms with van der Waals surface area (Å²) in [5.41, 5.74) is 1.01. The summed E-state index contributed by atoms with van der Waals surface area (Å²) in [7, 11) is 0.